The Morgan fingerprint density at radius 3 is 3.12 bits per heavy atom. The van der Waals surface area contributed by atoms with Crippen LogP contribution in [0.3, 0.4) is 0 Å². The lowest BCUT2D eigenvalue weighted by molar-refractivity contribution is -0.117. The maximum atomic E-state index is 11.6. The first-order valence-electron chi connectivity index (χ1n) is 5.53. The van der Waals surface area contributed by atoms with E-state index in [9.17, 15) is 4.79 Å². The number of hydrogen-bond acceptors (Lipinski definition) is 4. The lowest BCUT2D eigenvalue weighted by Crippen LogP contribution is -2.44. The molecule has 2 heterocycles. The van der Waals surface area contributed by atoms with Gasteiger partial charge in [-0.25, -0.2) is 4.68 Å². The molecule has 0 bridgehead atoms. The van der Waals surface area contributed by atoms with Crippen LogP contribution in [-0.2, 0) is 4.79 Å². The van der Waals surface area contributed by atoms with E-state index in [2.05, 4.69) is 15.7 Å². The molecule has 1 unspecified atom stereocenters. The Balaban J connectivity index is 2.03. The summed E-state index contributed by atoms with van der Waals surface area (Å²) < 4.78 is 1.83. The molecule has 0 saturated carbocycles. The number of carbonyl (C=O) groups excluding carboxylic acids is 1. The molecule has 0 radical (unpaired) electrons. The first kappa shape index (κ1) is 11.1. The van der Waals surface area contributed by atoms with E-state index < -0.39 is 6.04 Å². The highest BCUT2D eigenvalue weighted by molar-refractivity contribution is 5.93. The minimum atomic E-state index is -0.456. The van der Waals surface area contributed by atoms with Crippen LogP contribution < -0.4 is 16.4 Å². The topological polar surface area (TPSA) is 85.0 Å². The molecule has 0 spiro atoms. The molecule has 1 aliphatic rings. The summed E-state index contributed by atoms with van der Waals surface area (Å²) >= 11 is 0. The summed E-state index contributed by atoms with van der Waals surface area (Å²) in [5, 5.41) is 10.2. The van der Waals surface area contributed by atoms with Crippen molar-refractivity contribution < 1.29 is 4.79 Å². The van der Waals surface area contributed by atoms with Crippen molar-refractivity contribution in [3.8, 4) is 0 Å². The number of amides is 1. The molecule has 1 fully saturated rings. The van der Waals surface area contributed by atoms with Crippen LogP contribution in [-0.4, -0.2) is 34.8 Å². The van der Waals surface area contributed by atoms with Crippen molar-refractivity contribution >= 4 is 11.7 Å². The zero-order valence-corrected chi connectivity index (χ0v) is 9.31. The van der Waals surface area contributed by atoms with Crippen molar-refractivity contribution in [2.75, 3.05) is 18.4 Å². The molecule has 16 heavy (non-hydrogen) atoms. The SMILES string of the molecule is CCC(N)C(=O)Nc1ccnn1C1CNC1. The van der Waals surface area contributed by atoms with E-state index in [1.165, 1.54) is 0 Å². The molecular weight excluding hydrogens is 206 g/mol. The number of anilines is 1. The summed E-state index contributed by atoms with van der Waals surface area (Å²) in [6.45, 7) is 3.67. The molecule has 1 aromatic rings. The number of nitrogens with one attached hydrogen (secondary N) is 2. The standard InChI is InChI=1S/C10H17N5O/c1-2-8(11)10(16)14-9-3-4-13-15(9)7-5-12-6-7/h3-4,7-8,12H,2,5-6,11H2,1H3,(H,14,16). The van der Waals surface area contributed by atoms with Crippen LogP contribution in [0.15, 0.2) is 12.3 Å². The summed E-state index contributed by atoms with van der Waals surface area (Å²) in [5.74, 6) is 0.567. The maximum Gasteiger partial charge on any atom is 0.242 e. The van der Waals surface area contributed by atoms with Gasteiger partial charge in [0.05, 0.1) is 18.3 Å². The van der Waals surface area contributed by atoms with Crippen molar-refractivity contribution in [3.05, 3.63) is 12.3 Å². The van der Waals surface area contributed by atoms with Gasteiger partial charge in [-0.3, -0.25) is 4.79 Å². The van der Waals surface area contributed by atoms with Crippen molar-refractivity contribution in [3.63, 3.8) is 0 Å². The van der Waals surface area contributed by atoms with Crippen LogP contribution in [0.25, 0.3) is 0 Å². The Morgan fingerprint density at radius 1 is 1.81 bits per heavy atom. The Hall–Kier alpha value is -1.40. The van der Waals surface area contributed by atoms with E-state index in [-0.39, 0.29) is 5.91 Å². The molecular formula is C10H17N5O. The predicted molar refractivity (Wildman–Crippen MR) is 61.0 cm³/mol. The fraction of sp³-hybridized carbons (Fsp3) is 0.600. The minimum absolute atomic E-state index is 0.156. The molecule has 1 aliphatic heterocycles. The summed E-state index contributed by atoms with van der Waals surface area (Å²) in [5.41, 5.74) is 5.65. The molecule has 4 N–H and O–H groups in total. The van der Waals surface area contributed by atoms with Gasteiger partial charge in [-0.15, -0.1) is 0 Å². The van der Waals surface area contributed by atoms with E-state index in [0.717, 1.165) is 18.9 Å². The van der Waals surface area contributed by atoms with Gasteiger partial charge < -0.3 is 16.4 Å². The van der Waals surface area contributed by atoms with Gasteiger partial charge in [0.15, 0.2) is 0 Å². The maximum absolute atomic E-state index is 11.6. The molecule has 1 aromatic heterocycles. The summed E-state index contributed by atoms with van der Waals surface area (Å²) in [6, 6.07) is 1.67. The Morgan fingerprint density at radius 2 is 2.56 bits per heavy atom. The number of rotatable bonds is 4. The van der Waals surface area contributed by atoms with Crippen molar-refractivity contribution in [1.82, 2.24) is 15.1 Å². The summed E-state index contributed by atoms with van der Waals surface area (Å²) in [7, 11) is 0. The normalized spacial score (nSPS) is 17.9. The van der Waals surface area contributed by atoms with Crippen LogP contribution in [0.5, 0.6) is 0 Å². The number of hydrogen-bond donors (Lipinski definition) is 3. The van der Waals surface area contributed by atoms with Gasteiger partial charge in [0, 0.05) is 19.2 Å². The quantitative estimate of drug-likeness (QED) is 0.654. The van der Waals surface area contributed by atoms with Gasteiger partial charge in [-0.1, -0.05) is 6.92 Å². The second kappa shape index (κ2) is 4.63. The lowest BCUT2D eigenvalue weighted by atomic mass is 10.2. The molecule has 2 rings (SSSR count). The number of carbonyl (C=O) groups is 1. The molecule has 1 saturated heterocycles. The number of aromatic nitrogens is 2. The molecule has 1 amide bonds. The molecule has 0 aliphatic carbocycles. The van der Waals surface area contributed by atoms with Gasteiger partial charge in [-0.05, 0) is 6.42 Å². The molecule has 6 nitrogen and oxygen atoms in total. The zero-order chi connectivity index (χ0) is 11.5. The zero-order valence-electron chi connectivity index (χ0n) is 9.31. The largest absolute Gasteiger partial charge is 0.320 e. The highest BCUT2D eigenvalue weighted by Crippen LogP contribution is 2.17. The lowest BCUT2D eigenvalue weighted by Gasteiger charge is -2.28. The highest BCUT2D eigenvalue weighted by Gasteiger charge is 2.22. The third kappa shape index (κ3) is 2.07. The van der Waals surface area contributed by atoms with Crippen molar-refractivity contribution in [2.24, 2.45) is 5.73 Å². The van der Waals surface area contributed by atoms with Crippen LogP contribution >= 0.6 is 0 Å². The van der Waals surface area contributed by atoms with Crippen molar-refractivity contribution in [1.29, 1.82) is 0 Å². The van der Waals surface area contributed by atoms with Crippen LogP contribution in [0.4, 0.5) is 5.82 Å². The van der Waals surface area contributed by atoms with E-state index >= 15 is 0 Å². The van der Waals surface area contributed by atoms with Crippen molar-refractivity contribution in [2.45, 2.75) is 25.4 Å². The van der Waals surface area contributed by atoms with E-state index in [0.29, 0.717) is 12.5 Å². The first-order valence-corrected chi connectivity index (χ1v) is 5.53. The van der Waals surface area contributed by atoms with Gasteiger partial charge in [0.25, 0.3) is 0 Å². The smallest absolute Gasteiger partial charge is 0.242 e. The minimum Gasteiger partial charge on any atom is -0.320 e. The fourth-order valence-corrected chi connectivity index (χ4v) is 1.55. The molecule has 6 heteroatoms. The number of nitrogens with two attached hydrogens (primary N) is 1. The first-order chi connectivity index (χ1) is 7.72. The number of nitrogens with zero attached hydrogens (tertiary/aromatic N) is 2. The Labute approximate surface area is 94.2 Å². The average molecular weight is 223 g/mol. The van der Waals surface area contributed by atoms with Crippen LogP contribution in [0.1, 0.15) is 19.4 Å². The molecule has 0 aromatic carbocycles. The fourth-order valence-electron chi connectivity index (χ4n) is 1.55. The van der Waals surface area contributed by atoms with Crippen LogP contribution in [0.2, 0.25) is 0 Å². The Bertz CT molecular complexity index is 371. The average Bonchev–Trinajstić information content (AvgIpc) is 2.62. The Kier molecular flexibility index (Phi) is 3.21. The van der Waals surface area contributed by atoms with E-state index in [1.807, 2.05) is 11.6 Å². The summed E-state index contributed by atoms with van der Waals surface area (Å²) in [4.78, 5) is 11.6. The van der Waals surface area contributed by atoms with E-state index in [4.69, 9.17) is 5.73 Å². The second-order valence-electron chi connectivity index (χ2n) is 3.98. The van der Waals surface area contributed by atoms with Gasteiger partial charge in [-0.2, -0.15) is 5.10 Å². The van der Waals surface area contributed by atoms with Crippen LogP contribution in [0, 0.1) is 0 Å². The molecule has 1 atom stereocenters. The van der Waals surface area contributed by atoms with E-state index in [1.54, 1.807) is 12.3 Å². The third-order valence-corrected chi connectivity index (χ3v) is 2.80. The second-order valence-corrected chi connectivity index (χ2v) is 3.98. The highest BCUT2D eigenvalue weighted by atomic mass is 16.2. The van der Waals surface area contributed by atoms with Gasteiger partial charge >= 0.3 is 0 Å². The predicted octanol–water partition coefficient (Wildman–Crippen LogP) is -0.297. The third-order valence-electron chi connectivity index (χ3n) is 2.80. The summed E-state index contributed by atoms with van der Waals surface area (Å²) in [6.07, 6.45) is 2.32. The monoisotopic (exact) mass is 223 g/mol. The molecule has 88 valence electrons. The van der Waals surface area contributed by atoms with Gasteiger partial charge in [0.2, 0.25) is 5.91 Å². The van der Waals surface area contributed by atoms with Gasteiger partial charge in [0.1, 0.15) is 5.82 Å².